The third-order valence-corrected chi connectivity index (χ3v) is 10.6. The number of aryl methyl sites for hydroxylation is 1. The smallest absolute Gasteiger partial charge is 0.491 e. The van der Waals surface area contributed by atoms with E-state index in [1.165, 1.54) is 56.6 Å². The number of carbonyl (C=O) groups excluding carboxylic acids is 3. The van der Waals surface area contributed by atoms with Crippen LogP contribution in [0.25, 0.3) is 10.8 Å². The Morgan fingerprint density at radius 1 is 1.08 bits per heavy atom. The number of benzene rings is 3. The van der Waals surface area contributed by atoms with Gasteiger partial charge in [-0.3, -0.25) is 9.59 Å². The van der Waals surface area contributed by atoms with Crippen LogP contribution in [0.3, 0.4) is 0 Å². The predicted molar refractivity (Wildman–Crippen MR) is 179 cm³/mol. The molecule has 1 aromatic heterocycles. The number of nitrogens with zero attached hydrogens (tertiary/aromatic N) is 2. The van der Waals surface area contributed by atoms with Crippen molar-refractivity contribution in [1.29, 1.82) is 0 Å². The van der Waals surface area contributed by atoms with Crippen molar-refractivity contribution in [2.24, 2.45) is 5.92 Å². The first kappa shape index (κ1) is 37.0. The molecule has 11 nitrogen and oxygen atoms in total. The number of rotatable bonds is 10. The van der Waals surface area contributed by atoms with Crippen molar-refractivity contribution >= 4 is 50.0 Å². The number of aromatic nitrogens is 1. The van der Waals surface area contributed by atoms with Crippen molar-refractivity contribution in [2.45, 2.75) is 49.8 Å². The maximum Gasteiger partial charge on any atom is 0.491 e. The van der Waals surface area contributed by atoms with Crippen molar-refractivity contribution in [3.63, 3.8) is 0 Å². The number of sulfone groups is 1. The first-order valence-electron chi connectivity index (χ1n) is 15.8. The largest absolute Gasteiger partial charge is 0.494 e. The SMILES string of the molecule is CCc1cc(OC)c(F)c([C@@H](Nc2ccc3c(N)nccc3c2)C(=O)N2CC[C@H](C(=O)OC(=O)C(F)(F)F)[C@@H]2c2ccccc2S(=O)(=O)CC)c1. The van der Waals surface area contributed by atoms with Crippen LogP contribution < -0.4 is 15.8 Å². The van der Waals surface area contributed by atoms with Gasteiger partial charge in [0.2, 0.25) is 5.91 Å². The topological polar surface area (TPSA) is 158 Å². The molecule has 3 atom stereocenters. The number of nitrogens with two attached hydrogens (primary N) is 1. The Morgan fingerprint density at radius 3 is 2.47 bits per heavy atom. The van der Waals surface area contributed by atoms with E-state index in [0.717, 1.165) is 4.90 Å². The molecule has 1 aliphatic heterocycles. The number of nitrogens with one attached hydrogen (secondary N) is 1. The third-order valence-electron chi connectivity index (χ3n) is 8.78. The van der Waals surface area contributed by atoms with E-state index in [2.05, 4.69) is 15.0 Å². The summed E-state index contributed by atoms with van der Waals surface area (Å²) in [6.45, 7) is 2.89. The monoisotopic (exact) mass is 730 g/mol. The number of alkyl halides is 3. The van der Waals surface area contributed by atoms with E-state index >= 15 is 4.39 Å². The first-order chi connectivity index (χ1) is 24.1. The highest BCUT2D eigenvalue weighted by Crippen LogP contribution is 2.44. The van der Waals surface area contributed by atoms with Gasteiger partial charge in [-0.2, -0.15) is 13.2 Å². The number of hydrogen-bond acceptors (Lipinski definition) is 10. The number of anilines is 2. The fourth-order valence-corrected chi connectivity index (χ4v) is 7.34. The fourth-order valence-electron chi connectivity index (χ4n) is 6.20. The number of esters is 2. The number of ether oxygens (including phenoxy) is 2. The molecule has 0 saturated carbocycles. The van der Waals surface area contributed by atoms with E-state index in [-0.39, 0.29) is 46.3 Å². The zero-order valence-corrected chi connectivity index (χ0v) is 28.5. The van der Waals surface area contributed by atoms with Gasteiger partial charge in [0, 0.05) is 29.4 Å². The summed E-state index contributed by atoms with van der Waals surface area (Å²) in [6, 6.07) is 11.9. The van der Waals surface area contributed by atoms with Crippen molar-refractivity contribution in [1.82, 2.24) is 9.88 Å². The lowest BCUT2D eigenvalue weighted by atomic mass is 9.92. The van der Waals surface area contributed by atoms with E-state index in [0.29, 0.717) is 28.4 Å². The van der Waals surface area contributed by atoms with Gasteiger partial charge in [0.25, 0.3) is 0 Å². The quantitative estimate of drug-likeness (QED) is 0.118. The molecule has 1 amide bonds. The molecular weight excluding hydrogens is 696 g/mol. The minimum absolute atomic E-state index is 0.0839. The number of methoxy groups -OCH3 is 1. The Kier molecular flexibility index (Phi) is 10.6. The van der Waals surface area contributed by atoms with E-state index in [4.69, 9.17) is 10.5 Å². The number of nitrogen functional groups attached to an aromatic ring is 1. The number of fused-ring (bicyclic) bond motifs is 1. The second-order valence-corrected chi connectivity index (χ2v) is 14.0. The lowest BCUT2D eigenvalue weighted by Crippen LogP contribution is -2.41. The van der Waals surface area contributed by atoms with Gasteiger partial charge in [-0.05, 0) is 65.8 Å². The molecule has 51 heavy (non-hydrogen) atoms. The second kappa shape index (κ2) is 14.5. The van der Waals surface area contributed by atoms with Gasteiger partial charge in [0.1, 0.15) is 11.9 Å². The van der Waals surface area contributed by atoms with Gasteiger partial charge in [-0.1, -0.05) is 38.1 Å². The van der Waals surface area contributed by atoms with Gasteiger partial charge in [0.15, 0.2) is 21.4 Å². The Morgan fingerprint density at radius 2 is 1.80 bits per heavy atom. The maximum absolute atomic E-state index is 16.2. The van der Waals surface area contributed by atoms with Crippen molar-refractivity contribution in [3.05, 3.63) is 89.4 Å². The Hall–Kier alpha value is -5.25. The van der Waals surface area contributed by atoms with Crippen LogP contribution >= 0.6 is 0 Å². The third kappa shape index (κ3) is 7.45. The van der Waals surface area contributed by atoms with Gasteiger partial charge >= 0.3 is 18.1 Å². The van der Waals surface area contributed by atoms with E-state index in [1.54, 1.807) is 24.3 Å². The average molecular weight is 731 g/mol. The molecule has 0 spiro atoms. The molecule has 0 aliphatic carbocycles. The zero-order valence-electron chi connectivity index (χ0n) is 27.7. The Bertz CT molecular complexity index is 2110. The molecule has 0 bridgehead atoms. The molecule has 0 unspecified atom stereocenters. The summed E-state index contributed by atoms with van der Waals surface area (Å²) in [6.07, 6.45) is -3.91. The van der Waals surface area contributed by atoms with Crippen molar-refractivity contribution in [3.8, 4) is 5.75 Å². The summed E-state index contributed by atoms with van der Waals surface area (Å²) in [7, 11) is -2.77. The van der Waals surface area contributed by atoms with Gasteiger partial charge in [-0.15, -0.1) is 0 Å². The number of likely N-dealkylation sites (tertiary alicyclic amines) is 1. The molecule has 3 N–H and O–H groups in total. The molecule has 1 fully saturated rings. The summed E-state index contributed by atoms with van der Waals surface area (Å²) >= 11 is 0. The fraction of sp³-hybridized carbons (Fsp3) is 0.314. The van der Waals surface area contributed by atoms with Crippen LogP contribution in [0.1, 0.15) is 49.0 Å². The molecule has 4 aromatic rings. The summed E-state index contributed by atoms with van der Waals surface area (Å²) < 4.78 is 91.5. The molecule has 3 aromatic carbocycles. The standard InChI is InChI=1S/C35H34F4N4O7S/c1-4-19-16-25(28(36)26(17-19)49-3)29(42-21-10-11-22-20(18-21)12-14-41-31(22)40)32(44)43-15-13-24(33(45)50-34(46)35(37,38)39)30(43)23-8-6-7-9-27(23)51(47,48)5-2/h6-12,14,16-18,24,29-30,42H,4-5,13,15H2,1-3H3,(H2,40,41)/t24-,29+,30-/m0/s1. The highest BCUT2D eigenvalue weighted by molar-refractivity contribution is 7.91. The molecule has 5 rings (SSSR count). The zero-order chi connectivity index (χ0) is 37.2. The van der Waals surface area contributed by atoms with E-state index in [1.807, 2.05) is 6.92 Å². The van der Waals surface area contributed by atoms with Crippen LogP contribution in [-0.2, 0) is 35.4 Å². The second-order valence-electron chi connectivity index (χ2n) is 11.8. The first-order valence-corrected chi connectivity index (χ1v) is 17.5. The summed E-state index contributed by atoms with van der Waals surface area (Å²) in [5.41, 5.74) is 6.71. The summed E-state index contributed by atoms with van der Waals surface area (Å²) in [5, 5.41) is 4.31. The van der Waals surface area contributed by atoms with Crippen LogP contribution in [0.2, 0.25) is 0 Å². The highest BCUT2D eigenvalue weighted by Gasteiger charge is 2.49. The van der Waals surface area contributed by atoms with Crippen LogP contribution in [0.4, 0.5) is 29.1 Å². The van der Waals surface area contributed by atoms with Crippen molar-refractivity contribution in [2.75, 3.05) is 30.5 Å². The van der Waals surface area contributed by atoms with Gasteiger partial charge in [-0.25, -0.2) is 22.6 Å². The number of halogens is 4. The number of carbonyl (C=O) groups is 3. The lowest BCUT2D eigenvalue weighted by Gasteiger charge is -2.33. The number of hydrogen-bond donors (Lipinski definition) is 2. The normalized spacial score (nSPS) is 16.9. The van der Waals surface area contributed by atoms with E-state index in [9.17, 15) is 36.0 Å². The lowest BCUT2D eigenvalue weighted by molar-refractivity contribution is -0.203. The molecule has 1 saturated heterocycles. The molecule has 270 valence electrons. The van der Waals surface area contributed by atoms with Crippen LogP contribution in [-0.4, -0.2) is 61.7 Å². The molecular formula is C35H34F4N4O7S. The van der Waals surface area contributed by atoms with Crippen LogP contribution in [0, 0.1) is 11.7 Å². The van der Waals surface area contributed by atoms with Crippen LogP contribution in [0.5, 0.6) is 5.75 Å². The molecule has 16 heteroatoms. The maximum atomic E-state index is 16.2. The average Bonchev–Trinajstić information content (AvgIpc) is 3.55. The molecule has 1 aliphatic rings. The molecule has 2 heterocycles. The Labute approximate surface area is 290 Å². The van der Waals surface area contributed by atoms with Gasteiger partial charge in [0.05, 0.1) is 29.7 Å². The molecule has 0 radical (unpaired) electrons. The number of pyridine rings is 1. The van der Waals surface area contributed by atoms with Crippen LogP contribution in [0.15, 0.2) is 71.8 Å². The summed E-state index contributed by atoms with van der Waals surface area (Å²) in [4.78, 5) is 44.7. The van der Waals surface area contributed by atoms with Gasteiger partial charge < -0.3 is 25.4 Å². The van der Waals surface area contributed by atoms with E-state index < -0.39 is 57.7 Å². The number of amides is 1. The summed E-state index contributed by atoms with van der Waals surface area (Å²) in [5.74, 6) is -8.00. The Balaban J connectivity index is 1.68. The minimum atomic E-state index is -5.50. The highest BCUT2D eigenvalue weighted by atomic mass is 32.2. The van der Waals surface area contributed by atoms with Crippen molar-refractivity contribution < 1.29 is 49.8 Å². The predicted octanol–water partition coefficient (Wildman–Crippen LogP) is 5.70. The minimum Gasteiger partial charge on any atom is -0.494 e.